The molecular formula is C22H25ClN4O2. The first kappa shape index (κ1) is 19.9. The summed E-state index contributed by atoms with van der Waals surface area (Å²) in [5, 5.41) is 4.34. The summed E-state index contributed by atoms with van der Waals surface area (Å²) >= 11 is 6.38. The average Bonchev–Trinajstić information content (AvgIpc) is 2.70. The molecule has 0 spiro atoms. The molecule has 1 saturated heterocycles. The number of benzene rings is 2. The van der Waals surface area contributed by atoms with Crippen LogP contribution in [0.3, 0.4) is 0 Å². The smallest absolute Gasteiger partial charge is 0.266 e. The Balaban J connectivity index is 1.93. The molecule has 0 bridgehead atoms. The van der Waals surface area contributed by atoms with Gasteiger partial charge < -0.3 is 10.1 Å². The predicted octanol–water partition coefficient (Wildman–Crippen LogP) is 3.23. The number of piperazine rings is 1. The lowest BCUT2D eigenvalue weighted by Gasteiger charge is -2.28. The number of hydrogen-bond acceptors (Lipinski definition) is 5. The fraction of sp³-hybridized carbons (Fsp3) is 0.364. The molecule has 152 valence electrons. The minimum Gasteiger partial charge on any atom is -0.489 e. The van der Waals surface area contributed by atoms with E-state index in [1.54, 1.807) is 22.8 Å². The summed E-state index contributed by atoms with van der Waals surface area (Å²) in [7, 11) is 0. The lowest BCUT2D eigenvalue weighted by atomic mass is 10.2. The van der Waals surface area contributed by atoms with Gasteiger partial charge in [-0.3, -0.25) is 14.3 Å². The van der Waals surface area contributed by atoms with Crippen molar-refractivity contribution < 1.29 is 4.74 Å². The van der Waals surface area contributed by atoms with E-state index in [1.165, 1.54) is 0 Å². The zero-order chi connectivity index (χ0) is 20.4. The van der Waals surface area contributed by atoms with E-state index in [-0.39, 0.29) is 11.7 Å². The molecule has 29 heavy (non-hydrogen) atoms. The van der Waals surface area contributed by atoms with Gasteiger partial charge >= 0.3 is 0 Å². The van der Waals surface area contributed by atoms with Crippen LogP contribution < -0.4 is 15.6 Å². The molecule has 0 amide bonds. The topological polar surface area (TPSA) is 59.4 Å². The average molecular weight is 413 g/mol. The molecule has 2 aromatic carbocycles. The highest BCUT2D eigenvalue weighted by Crippen LogP contribution is 2.26. The van der Waals surface area contributed by atoms with E-state index in [0.29, 0.717) is 39.7 Å². The second-order valence-corrected chi connectivity index (χ2v) is 7.87. The van der Waals surface area contributed by atoms with Crippen molar-refractivity contribution in [1.82, 2.24) is 19.8 Å². The van der Waals surface area contributed by atoms with Crippen molar-refractivity contribution in [3.63, 3.8) is 0 Å². The summed E-state index contributed by atoms with van der Waals surface area (Å²) in [5.41, 5.74) is 1.11. The fourth-order valence-electron chi connectivity index (χ4n) is 3.64. The van der Waals surface area contributed by atoms with Gasteiger partial charge in [-0.25, -0.2) is 4.98 Å². The Labute approximate surface area is 175 Å². The third-order valence-electron chi connectivity index (χ3n) is 4.96. The fourth-order valence-corrected chi connectivity index (χ4v) is 3.85. The maximum Gasteiger partial charge on any atom is 0.266 e. The minimum atomic E-state index is -0.137. The Hall–Kier alpha value is -2.41. The number of hydrogen-bond donors (Lipinski definition) is 1. The van der Waals surface area contributed by atoms with Gasteiger partial charge in [-0.2, -0.15) is 0 Å². The number of ether oxygens (including phenoxy) is 1. The van der Waals surface area contributed by atoms with Crippen LogP contribution in [0.1, 0.15) is 19.7 Å². The molecule has 0 radical (unpaired) electrons. The zero-order valence-corrected chi connectivity index (χ0v) is 17.4. The molecule has 1 fully saturated rings. The second-order valence-electron chi connectivity index (χ2n) is 7.47. The van der Waals surface area contributed by atoms with Gasteiger partial charge in [0, 0.05) is 26.2 Å². The number of rotatable bonds is 5. The van der Waals surface area contributed by atoms with E-state index in [4.69, 9.17) is 21.3 Å². The lowest BCUT2D eigenvalue weighted by Crippen LogP contribution is -2.44. The summed E-state index contributed by atoms with van der Waals surface area (Å²) in [6.45, 7) is 8.16. The van der Waals surface area contributed by atoms with Crippen molar-refractivity contribution in [1.29, 1.82) is 0 Å². The first-order chi connectivity index (χ1) is 14.0. The summed E-state index contributed by atoms with van der Waals surface area (Å²) in [6, 6.07) is 12.9. The molecule has 0 aliphatic carbocycles. The third-order valence-corrected chi connectivity index (χ3v) is 5.27. The van der Waals surface area contributed by atoms with E-state index >= 15 is 0 Å². The van der Waals surface area contributed by atoms with Crippen LogP contribution in [0.2, 0.25) is 5.02 Å². The largest absolute Gasteiger partial charge is 0.489 e. The first-order valence-electron chi connectivity index (χ1n) is 9.94. The van der Waals surface area contributed by atoms with E-state index in [9.17, 15) is 4.79 Å². The molecule has 0 saturated carbocycles. The molecule has 1 aromatic heterocycles. The number of halogens is 1. The summed E-state index contributed by atoms with van der Waals surface area (Å²) in [6.07, 6.45) is -0.00803. The zero-order valence-electron chi connectivity index (χ0n) is 16.7. The van der Waals surface area contributed by atoms with E-state index in [2.05, 4.69) is 10.2 Å². The van der Waals surface area contributed by atoms with Crippen LogP contribution in [0.25, 0.3) is 16.6 Å². The number of nitrogens with zero attached hydrogens (tertiary/aromatic N) is 3. The van der Waals surface area contributed by atoms with Gasteiger partial charge in [0.05, 0.1) is 34.3 Å². The third kappa shape index (κ3) is 4.15. The first-order valence-corrected chi connectivity index (χ1v) is 10.3. The van der Waals surface area contributed by atoms with Crippen molar-refractivity contribution in [2.45, 2.75) is 26.5 Å². The molecule has 7 heteroatoms. The van der Waals surface area contributed by atoms with Gasteiger partial charge in [0.15, 0.2) is 0 Å². The van der Waals surface area contributed by atoms with Gasteiger partial charge in [-0.05, 0) is 38.1 Å². The lowest BCUT2D eigenvalue weighted by molar-refractivity contribution is 0.225. The van der Waals surface area contributed by atoms with Gasteiger partial charge in [0.1, 0.15) is 11.6 Å². The number of para-hydroxylation sites is 3. The van der Waals surface area contributed by atoms with Crippen LogP contribution in [0, 0.1) is 0 Å². The van der Waals surface area contributed by atoms with Gasteiger partial charge in [-0.15, -0.1) is 0 Å². The Morgan fingerprint density at radius 3 is 2.66 bits per heavy atom. The Kier molecular flexibility index (Phi) is 5.85. The van der Waals surface area contributed by atoms with Crippen LogP contribution in [0.5, 0.6) is 5.75 Å². The molecule has 4 rings (SSSR count). The van der Waals surface area contributed by atoms with Gasteiger partial charge in [-0.1, -0.05) is 29.8 Å². The van der Waals surface area contributed by atoms with Gasteiger partial charge in [0.2, 0.25) is 0 Å². The highest BCUT2D eigenvalue weighted by molar-refractivity contribution is 6.34. The molecule has 0 unspecified atom stereocenters. The molecule has 2 heterocycles. The quantitative estimate of drug-likeness (QED) is 0.697. The Bertz CT molecular complexity index is 1070. The monoisotopic (exact) mass is 412 g/mol. The van der Waals surface area contributed by atoms with Crippen molar-refractivity contribution >= 4 is 22.5 Å². The van der Waals surface area contributed by atoms with Crippen LogP contribution in [-0.2, 0) is 6.54 Å². The maximum absolute atomic E-state index is 13.6. The number of aromatic nitrogens is 2. The highest BCUT2D eigenvalue weighted by Gasteiger charge is 2.20. The maximum atomic E-state index is 13.6. The normalized spacial score (nSPS) is 15.2. The van der Waals surface area contributed by atoms with Crippen LogP contribution in [0.4, 0.5) is 0 Å². The van der Waals surface area contributed by atoms with Crippen molar-refractivity contribution in [2.24, 2.45) is 0 Å². The highest BCUT2D eigenvalue weighted by atomic mass is 35.5. The van der Waals surface area contributed by atoms with Crippen molar-refractivity contribution in [3.8, 4) is 11.4 Å². The van der Waals surface area contributed by atoms with E-state index < -0.39 is 0 Å². The van der Waals surface area contributed by atoms with Crippen LogP contribution in [0.15, 0.2) is 47.3 Å². The molecule has 1 aliphatic heterocycles. The number of nitrogens with one attached hydrogen (secondary N) is 1. The van der Waals surface area contributed by atoms with Crippen molar-refractivity contribution in [2.75, 3.05) is 26.2 Å². The molecule has 3 aromatic rings. The van der Waals surface area contributed by atoms with Gasteiger partial charge in [0.25, 0.3) is 5.56 Å². The summed E-state index contributed by atoms with van der Waals surface area (Å²) in [4.78, 5) is 20.7. The van der Waals surface area contributed by atoms with Crippen LogP contribution >= 0.6 is 11.6 Å². The Morgan fingerprint density at radius 2 is 1.90 bits per heavy atom. The molecule has 1 aliphatic rings. The second kappa shape index (κ2) is 8.53. The standard InChI is InChI=1S/C22H25ClN4O2/c1-15(2)29-19-9-4-3-8-18(19)27-20(14-26-12-10-24-11-13-26)25-21-16(22(27)28)6-5-7-17(21)23/h3-9,15,24H,10-14H2,1-2H3. The summed E-state index contributed by atoms with van der Waals surface area (Å²) < 4.78 is 7.68. The minimum absolute atomic E-state index is 0.00803. The molecular weight excluding hydrogens is 388 g/mol. The predicted molar refractivity (Wildman–Crippen MR) is 116 cm³/mol. The van der Waals surface area contributed by atoms with Crippen LogP contribution in [-0.4, -0.2) is 46.7 Å². The molecule has 6 nitrogen and oxygen atoms in total. The SMILES string of the molecule is CC(C)Oc1ccccc1-n1c(CN2CCNCC2)nc2c(Cl)cccc2c1=O. The molecule has 0 atom stereocenters. The number of fused-ring (bicyclic) bond motifs is 1. The van der Waals surface area contributed by atoms with Crippen molar-refractivity contribution in [3.05, 3.63) is 63.7 Å². The van der Waals surface area contributed by atoms with E-state index in [1.807, 2.05) is 38.1 Å². The Morgan fingerprint density at radius 1 is 1.14 bits per heavy atom. The molecule has 1 N–H and O–H groups in total. The van der Waals surface area contributed by atoms with E-state index in [0.717, 1.165) is 26.2 Å². The summed E-state index contributed by atoms with van der Waals surface area (Å²) in [5.74, 6) is 1.33.